The molecule has 0 heterocycles. The number of halogens is 1. The van der Waals surface area contributed by atoms with E-state index in [0.29, 0.717) is 6.04 Å². The van der Waals surface area contributed by atoms with Crippen molar-refractivity contribution in [2.45, 2.75) is 38.6 Å². The van der Waals surface area contributed by atoms with Gasteiger partial charge in [-0.25, -0.2) is 0 Å². The van der Waals surface area contributed by atoms with Crippen molar-refractivity contribution in [2.75, 3.05) is 11.1 Å². The van der Waals surface area contributed by atoms with Gasteiger partial charge < -0.3 is 11.1 Å². The smallest absolute Gasteiger partial charge is 0.0576 e. The van der Waals surface area contributed by atoms with Crippen LogP contribution in [0.3, 0.4) is 0 Å². The Kier molecular flexibility index (Phi) is 3.74. The van der Waals surface area contributed by atoms with Gasteiger partial charge in [-0.05, 0) is 43.9 Å². The standard InChI is InChI=1S/C13H19BrN2/c1-9(10-4-2-3-5-10)16-13-7-6-11(14)8-12(13)15/h6-10,16H,2-5,15H2,1H3. The number of hydrogen-bond donors (Lipinski definition) is 2. The van der Waals surface area contributed by atoms with Crippen molar-refractivity contribution in [3.8, 4) is 0 Å². The van der Waals surface area contributed by atoms with E-state index in [1.54, 1.807) is 0 Å². The summed E-state index contributed by atoms with van der Waals surface area (Å²) in [5, 5.41) is 3.53. The minimum Gasteiger partial charge on any atom is -0.397 e. The van der Waals surface area contributed by atoms with Crippen LogP contribution in [0.15, 0.2) is 22.7 Å². The highest BCUT2D eigenvalue weighted by molar-refractivity contribution is 9.10. The topological polar surface area (TPSA) is 38.0 Å². The van der Waals surface area contributed by atoms with Gasteiger partial charge >= 0.3 is 0 Å². The molecular weight excluding hydrogens is 264 g/mol. The SMILES string of the molecule is CC(Nc1ccc(Br)cc1N)C1CCCC1. The molecule has 16 heavy (non-hydrogen) atoms. The van der Waals surface area contributed by atoms with Crippen molar-refractivity contribution in [1.82, 2.24) is 0 Å². The van der Waals surface area contributed by atoms with Crippen LogP contribution >= 0.6 is 15.9 Å². The van der Waals surface area contributed by atoms with Crippen LogP contribution in [-0.2, 0) is 0 Å². The Bertz CT molecular complexity index is 359. The summed E-state index contributed by atoms with van der Waals surface area (Å²) in [6, 6.07) is 6.54. The fourth-order valence-corrected chi connectivity index (χ4v) is 2.86. The van der Waals surface area contributed by atoms with Crippen LogP contribution in [0.2, 0.25) is 0 Å². The number of hydrogen-bond acceptors (Lipinski definition) is 2. The van der Waals surface area contributed by atoms with Crippen molar-refractivity contribution in [1.29, 1.82) is 0 Å². The van der Waals surface area contributed by atoms with Gasteiger partial charge in [-0.2, -0.15) is 0 Å². The van der Waals surface area contributed by atoms with Crippen LogP contribution in [-0.4, -0.2) is 6.04 Å². The van der Waals surface area contributed by atoms with Gasteiger partial charge in [-0.3, -0.25) is 0 Å². The summed E-state index contributed by atoms with van der Waals surface area (Å²) in [5.74, 6) is 0.808. The lowest BCUT2D eigenvalue weighted by Gasteiger charge is -2.22. The van der Waals surface area contributed by atoms with Crippen molar-refractivity contribution in [3.63, 3.8) is 0 Å². The summed E-state index contributed by atoms with van der Waals surface area (Å²) < 4.78 is 1.03. The zero-order chi connectivity index (χ0) is 11.5. The highest BCUT2D eigenvalue weighted by Crippen LogP contribution is 2.31. The Morgan fingerprint density at radius 1 is 1.38 bits per heavy atom. The molecule has 0 spiro atoms. The summed E-state index contributed by atoms with van der Waals surface area (Å²) in [4.78, 5) is 0. The second-order valence-corrected chi connectivity index (χ2v) is 5.62. The molecule has 0 bridgehead atoms. The minimum absolute atomic E-state index is 0.519. The molecule has 2 rings (SSSR count). The Labute approximate surface area is 106 Å². The van der Waals surface area contributed by atoms with E-state index in [0.717, 1.165) is 21.8 Å². The molecular formula is C13H19BrN2. The molecule has 3 heteroatoms. The average Bonchev–Trinajstić information content (AvgIpc) is 2.75. The monoisotopic (exact) mass is 282 g/mol. The molecule has 2 nitrogen and oxygen atoms in total. The first kappa shape index (κ1) is 11.8. The predicted octanol–water partition coefficient (Wildman–Crippen LogP) is 4.02. The van der Waals surface area contributed by atoms with E-state index in [4.69, 9.17) is 5.73 Å². The number of nitrogens with two attached hydrogens (primary N) is 1. The maximum absolute atomic E-state index is 5.98. The zero-order valence-electron chi connectivity index (χ0n) is 9.67. The third-order valence-corrected chi connectivity index (χ3v) is 4.00. The highest BCUT2D eigenvalue weighted by Gasteiger charge is 2.21. The first-order chi connectivity index (χ1) is 7.66. The molecule has 0 aliphatic heterocycles. The molecule has 0 amide bonds. The second kappa shape index (κ2) is 5.09. The molecule has 0 aromatic heterocycles. The van der Waals surface area contributed by atoms with E-state index in [2.05, 4.69) is 28.2 Å². The third kappa shape index (κ3) is 2.70. The Balaban J connectivity index is 2.02. The summed E-state index contributed by atoms with van der Waals surface area (Å²) in [7, 11) is 0. The first-order valence-corrected chi connectivity index (χ1v) is 6.77. The van der Waals surface area contributed by atoms with Gasteiger partial charge in [-0.15, -0.1) is 0 Å². The molecule has 3 N–H and O–H groups in total. The fraction of sp³-hybridized carbons (Fsp3) is 0.538. The number of nitrogen functional groups attached to an aromatic ring is 1. The lowest BCUT2D eigenvalue weighted by molar-refractivity contribution is 0.482. The number of nitrogens with one attached hydrogen (secondary N) is 1. The van der Waals surface area contributed by atoms with E-state index < -0.39 is 0 Å². The fourth-order valence-electron chi connectivity index (χ4n) is 2.49. The van der Waals surface area contributed by atoms with Crippen molar-refractivity contribution in [3.05, 3.63) is 22.7 Å². The van der Waals surface area contributed by atoms with Gasteiger partial charge in [0.25, 0.3) is 0 Å². The quantitative estimate of drug-likeness (QED) is 0.822. The van der Waals surface area contributed by atoms with Gasteiger partial charge in [0.15, 0.2) is 0 Å². The van der Waals surface area contributed by atoms with E-state index in [9.17, 15) is 0 Å². The lowest BCUT2D eigenvalue weighted by atomic mass is 9.99. The van der Waals surface area contributed by atoms with Gasteiger partial charge in [0.2, 0.25) is 0 Å². The van der Waals surface area contributed by atoms with Crippen molar-refractivity contribution in [2.24, 2.45) is 5.92 Å². The summed E-state index contributed by atoms with van der Waals surface area (Å²) >= 11 is 3.42. The molecule has 1 unspecified atom stereocenters. The lowest BCUT2D eigenvalue weighted by Crippen LogP contribution is -2.24. The highest BCUT2D eigenvalue weighted by atomic mass is 79.9. The molecule has 1 aliphatic carbocycles. The Morgan fingerprint density at radius 2 is 2.06 bits per heavy atom. The molecule has 1 saturated carbocycles. The van der Waals surface area contributed by atoms with Crippen LogP contribution in [0.5, 0.6) is 0 Å². The Morgan fingerprint density at radius 3 is 2.69 bits per heavy atom. The number of benzene rings is 1. The van der Waals surface area contributed by atoms with Crippen molar-refractivity contribution < 1.29 is 0 Å². The zero-order valence-corrected chi connectivity index (χ0v) is 11.3. The largest absolute Gasteiger partial charge is 0.397 e. The number of rotatable bonds is 3. The normalized spacial score (nSPS) is 18.6. The summed E-state index contributed by atoms with van der Waals surface area (Å²) in [5.41, 5.74) is 7.85. The number of anilines is 2. The van der Waals surface area contributed by atoms with E-state index >= 15 is 0 Å². The van der Waals surface area contributed by atoms with Crippen LogP contribution in [0.4, 0.5) is 11.4 Å². The summed E-state index contributed by atoms with van der Waals surface area (Å²) in [6.45, 7) is 2.26. The second-order valence-electron chi connectivity index (χ2n) is 4.71. The maximum Gasteiger partial charge on any atom is 0.0576 e. The van der Waals surface area contributed by atoms with Crippen molar-refractivity contribution >= 4 is 27.3 Å². The van der Waals surface area contributed by atoms with Gasteiger partial charge in [-0.1, -0.05) is 28.8 Å². The molecule has 0 saturated heterocycles. The minimum atomic E-state index is 0.519. The van der Waals surface area contributed by atoms with E-state index in [1.165, 1.54) is 25.7 Å². The Hall–Kier alpha value is -0.700. The molecule has 1 fully saturated rings. The van der Waals surface area contributed by atoms with E-state index in [1.807, 2.05) is 18.2 Å². The molecule has 1 aromatic carbocycles. The molecule has 0 radical (unpaired) electrons. The third-order valence-electron chi connectivity index (χ3n) is 3.50. The van der Waals surface area contributed by atoms with Crippen LogP contribution < -0.4 is 11.1 Å². The molecule has 1 aliphatic rings. The summed E-state index contributed by atoms with van der Waals surface area (Å²) in [6.07, 6.45) is 5.47. The first-order valence-electron chi connectivity index (χ1n) is 5.98. The predicted molar refractivity (Wildman–Crippen MR) is 73.6 cm³/mol. The van der Waals surface area contributed by atoms with Crippen LogP contribution in [0.25, 0.3) is 0 Å². The molecule has 1 aromatic rings. The average molecular weight is 283 g/mol. The van der Waals surface area contributed by atoms with Crippen LogP contribution in [0, 0.1) is 5.92 Å². The molecule has 1 atom stereocenters. The van der Waals surface area contributed by atoms with Gasteiger partial charge in [0.1, 0.15) is 0 Å². The maximum atomic E-state index is 5.98. The van der Waals surface area contributed by atoms with Gasteiger partial charge in [0.05, 0.1) is 11.4 Å². The van der Waals surface area contributed by atoms with E-state index in [-0.39, 0.29) is 0 Å². The van der Waals surface area contributed by atoms with Crippen LogP contribution in [0.1, 0.15) is 32.6 Å². The molecule has 88 valence electrons. The van der Waals surface area contributed by atoms with Gasteiger partial charge in [0, 0.05) is 10.5 Å².